The number of aromatic carboxylic acids is 1. The molecular formula is C11H10FN3O3. The van der Waals surface area contributed by atoms with Crippen LogP contribution in [-0.4, -0.2) is 33.2 Å². The fourth-order valence-corrected chi connectivity index (χ4v) is 1.52. The fraction of sp³-hybridized carbons (Fsp3) is 0.182. The number of ether oxygens (including phenoxy) is 1. The number of nitrogens with zero attached hydrogens (tertiary/aromatic N) is 3. The molecule has 0 unspecified atom stereocenters. The van der Waals surface area contributed by atoms with Gasteiger partial charge in [-0.2, -0.15) is 0 Å². The Morgan fingerprint density at radius 2 is 2.33 bits per heavy atom. The van der Waals surface area contributed by atoms with Gasteiger partial charge in [0, 0.05) is 5.56 Å². The van der Waals surface area contributed by atoms with E-state index in [2.05, 4.69) is 10.3 Å². The summed E-state index contributed by atoms with van der Waals surface area (Å²) in [6.45, 7) is 0.182. The van der Waals surface area contributed by atoms with E-state index in [4.69, 9.17) is 9.84 Å². The van der Waals surface area contributed by atoms with Crippen LogP contribution in [-0.2, 0) is 6.54 Å². The molecule has 1 aromatic heterocycles. The molecule has 1 heterocycles. The summed E-state index contributed by atoms with van der Waals surface area (Å²) in [5.41, 5.74) is 0.393. The Hall–Kier alpha value is -2.44. The van der Waals surface area contributed by atoms with Crippen LogP contribution in [0.1, 0.15) is 16.1 Å². The SMILES string of the molecule is COc1ccc(F)cc1Cn1cc(C(=O)O)nn1. The van der Waals surface area contributed by atoms with Gasteiger partial charge in [0.15, 0.2) is 5.69 Å². The van der Waals surface area contributed by atoms with E-state index in [0.717, 1.165) is 0 Å². The number of carbonyl (C=O) groups is 1. The summed E-state index contributed by atoms with van der Waals surface area (Å²) in [6, 6.07) is 4.09. The van der Waals surface area contributed by atoms with Crippen LogP contribution in [0.15, 0.2) is 24.4 Å². The first kappa shape index (κ1) is 12.0. The van der Waals surface area contributed by atoms with Crippen LogP contribution in [0, 0.1) is 5.82 Å². The average molecular weight is 251 g/mol. The van der Waals surface area contributed by atoms with Crippen molar-refractivity contribution >= 4 is 5.97 Å². The summed E-state index contributed by atoms with van der Waals surface area (Å²) in [7, 11) is 1.47. The van der Waals surface area contributed by atoms with Gasteiger partial charge in [-0.25, -0.2) is 13.9 Å². The second kappa shape index (κ2) is 4.82. The number of carboxylic acid groups (broad SMARTS) is 1. The molecule has 0 aliphatic heterocycles. The highest BCUT2D eigenvalue weighted by Gasteiger charge is 2.10. The van der Waals surface area contributed by atoms with Gasteiger partial charge in [-0.1, -0.05) is 5.21 Å². The number of hydrogen-bond donors (Lipinski definition) is 1. The average Bonchev–Trinajstić information content (AvgIpc) is 2.78. The third kappa shape index (κ3) is 2.45. The Balaban J connectivity index is 2.27. The first-order valence-electron chi connectivity index (χ1n) is 5.06. The van der Waals surface area contributed by atoms with Crippen molar-refractivity contribution in [3.05, 3.63) is 41.5 Å². The third-order valence-corrected chi connectivity index (χ3v) is 2.33. The number of methoxy groups -OCH3 is 1. The van der Waals surface area contributed by atoms with E-state index in [1.807, 2.05) is 0 Å². The van der Waals surface area contributed by atoms with Crippen molar-refractivity contribution in [3.8, 4) is 5.75 Å². The van der Waals surface area contributed by atoms with Crippen LogP contribution < -0.4 is 4.74 Å². The molecule has 0 saturated carbocycles. The number of halogens is 1. The molecule has 0 aliphatic rings. The second-order valence-corrected chi connectivity index (χ2v) is 3.56. The molecule has 0 radical (unpaired) electrons. The number of hydrogen-bond acceptors (Lipinski definition) is 4. The summed E-state index contributed by atoms with van der Waals surface area (Å²) < 4.78 is 19.5. The molecule has 1 aromatic carbocycles. The van der Waals surface area contributed by atoms with Crippen LogP contribution in [0.25, 0.3) is 0 Å². The predicted octanol–water partition coefficient (Wildman–Crippen LogP) is 1.17. The smallest absolute Gasteiger partial charge is 0.358 e. The van der Waals surface area contributed by atoms with Gasteiger partial charge in [-0.3, -0.25) is 0 Å². The van der Waals surface area contributed by atoms with Crippen molar-refractivity contribution in [1.82, 2.24) is 15.0 Å². The highest BCUT2D eigenvalue weighted by molar-refractivity contribution is 5.84. The van der Waals surface area contributed by atoms with Crippen LogP contribution >= 0.6 is 0 Å². The maximum Gasteiger partial charge on any atom is 0.358 e. The van der Waals surface area contributed by atoms with E-state index in [0.29, 0.717) is 11.3 Å². The van der Waals surface area contributed by atoms with Crippen molar-refractivity contribution < 1.29 is 19.0 Å². The lowest BCUT2D eigenvalue weighted by molar-refractivity contribution is 0.0690. The zero-order valence-electron chi connectivity index (χ0n) is 9.50. The normalized spacial score (nSPS) is 10.3. The number of rotatable bonds is 4. The Bertz CT molecular complexity index is 583. The summed E-state index contributed by atoms with van der Waals surface area (Å²) in [5.74, 6) is -1.05. The molecule has 7 heteroatoms. The Morgan fingerprint density at radius 3 is 2.94 bits per heavy atom. The minimum Gasteiger partial charge on any atom is -0.496 e. The Kier molecular flexibility index (Phi) is 3.22. The number of carboxylic acids is 1. The quantitative estimate of drug-likeness (QED) is 0.882. The molecule has 0 saturated heterocycles. The second-order valence-electron chi connectivity index (χ2n) is 3.56. The first-order valence-corrected chi connectivity index (χ1v) is 5.06. The molecule has 1 N–H and O–H groups in total. The maximum atomic E-state index is 13.1. The molecule has 2 aromatic rings. The predicted molar refractivity (Wildman–Crippen MR) is 59.0 cm³/mol. The van der Waals surface area contributed by atoms with E-state index in [9.17, 15) is 9.18 Å². The van der Waals surface area contributed by atoms with Gasteiger partial charge in [-0.05, 0) is 18.2 Å². The van der Waals surface area contributed by atoms with Gasteiger partial charge in [0.25, 0.3) is 0 Å². The van der Waals surface area contributed by atoms with Gasteiger partial charge >= 0.3 is 5.97 Å². The van der Waals surface area contributed by atoms with Crippen molar-refractivity contribution in [2.24, 2.45) is 0 Å². The molecule has 0 amide bonds. The molecule has 94 valence electrons. The summed E-state index contributed by atoms with van der Waals surface area (Å²) in [5, 5.41) is 15.8. The van der Waals surface area contributed by atoms with E-state index < -0.39 is 11.8 Å². The fourth-order valence-electron chi connectivity index (χ4n) is 1.52. The van der Waals surface area contributed by atoms with E-state index in [1.54, 1.807) is 0 Å². The van der Waals surface area contributed by atoms with E-state index in [-0.39, 0.29) is 12.2 Å². The Labute approximate surface area is 102 Å². The highest BCUT2D eigenvalue weighted by atomic mass is 19.1. The molecule has 0 atom stereocenters. The van der Waals surface area contributed by atoms with Crippen LogP contribution in [0.4, 0.5) is 4.39 Å². The van der Waals surface area contributed by atoms with Crippen molar-refractivity contribution in [2.75, 3.05) is 7.11 Å². The minimum atomic E-state index is -1.16. The van der Waals surface area contributed by atoms with Gasteiger partial charge in [0.1, 0.15) is 11.6 Å². The maximum absolute atomic E-state index is 13.1. The lowest BCUT2D eigenvalue weighted by Gasteiger charge is -2.07. The zero-order valence-corrected chi connectivity index (χ0v) is 9.50. The van der Waals surface area contributed by atoms with Gasteiger partial charge in [0.05, 0.1) is 19.9 Å². The molecule has 18 heavy (non-hydrogen) atoms. The number of benzene rings is 1. The highest BCUT2D eigenvalue weighted by Crippen LogP contribution is 2.20. The standard InChI is InChI=1S/C11H10FN3O3/c1-18-10-3-2-8(12)4-7(10)5-15-6-9(11(16)17)13-14-15/h2-4,6H,5H2,1H3,(H,16,17). The van der Waals surface area contributed by atoms with Gasteiger partial charge < -0.3 is 9.84 Å². The molecule has 6 nitrogen and oxygen atoms in total. The van der Waals surface area contributed by atoms with E-state index in [1.165, 1.54) is 36.2 Å². The lowest BCUT2D eigenvalue weighted by atomic mass is 10.2. The molecule has 0 bridgehead atoms. The third-order valence-electron chi connectivity index (χ3n) is 2.33. The molecular weight excluding hydrogens is 241 g/mol. The van der Waals surface area contributed by atoms with Crippen molar-refractivity contribution in [3.63, 3.8) is 0 Å². The summed E-state index contributed by atoms with van der Waals surface area (Å²) in [4.78, 5) is 10.6. The Morgan fingerprint density at radius 1 is 1.56 bits per heavy atom. The molecule has 0 fully saturated rings. The monoisotopic (exact) mass is 251 g/mol. The number of aromatic nitrogens is 3. The lowest BCUT2D eigenvalue weighted by Crippen LogP contribution is -2.03. The van der Waals surface area contributed by atoms with Crippen molar-refractivity contribution in [1.29, 1.82) is 0 Å². The zero-order chi connectivity index (χ0) is 13.1. The molecule has 0 aliphatic carbocycles. The summed E-state index contributed by atoms with van der Waals surface area (Å²) >= 11 is 0. The minimum absolute atomic E-state index is 0.162. The van der Waals surface area contributed by atoms with Crippen molar-refractivity contribution in [2.45, 2.75) is 6.54 Å². The largest absolute Gasteiger partial charge is 0.496 e. The van der Waals surface area contributed by atoms with E-state index >= 15 is 0 Å². The van der Waals surface area contributed by atoms with Crippen LogP contribution in [0.2, 0.25) is 0 Å². The van der Waals surface area contributed by atoms with Gasteiger partial charge in [0.2, 0.25) is 0 Å². The molecule has 0 spiro atoms. The van der Waals surface area contributed by atoms with Crippen LogP contribution in [0.5, 0.6) is 5.75 Å². The van der Waals surface area contributed by atoms with Gasteiger partial charge in [-0.15, -0.1) is 5.10 Å². The first-order chi connectivity index (χ1) is 8.60. The van der Waals surface area contributed by atoms with Crippen LogP contribution in [0.3, 0.4) is 0 Å². The molecule has 2 rings (SSSR count). The summed E-state index contributed by atoms with van der Waals surface area (Å²) in [6.07, 6.45) is 1.27. The topological polar surface area (TPSA) is 77.2 Å².